The van der Waals surface area contributed by atoms with Gasteiger partial charge in [-0.25, -0.2) is 9.78 Å². The van der Waals surface area contributed by atoms with Crippen LogP contribution in [-0.4, -0.2) is 33.7 Å². The van der Waals surface area contributed by atoms with E-state index in [1.54, 1.807) is 16.7 Å². The number of carboxylic acid groups (broad SMARTS) is 1. The summed E-state index contributed by atoms with van der Waals surface area (Å²) in [7, 11) is 1.30. The van der Waals surface area contributed by atoms with E-state index in [-0.39, 0.29) is 12.1 Å². The molecule has 6 nitrogen and oxygen atoms in total. The fraction of sp³-hybridized carbons (Fsp3) is 0.182. The number of nitrogens with zero attached hydrogens (tertiary/aromatic N) is 2. The SMILES string of the molecule is COC(=O)Cn1cnc2c(C(=O)O)cccc21. The Morgan fingerprint density at radius 3 is 2.88 bits per heavy atom. The first-order chi connectivity index (χ1) is 8.13. The number of ether oxygens (including phenoxy) is 1. The topological polar surface area (TPSA) is 81.4 Å². The van der Waals surface area contributed by atoms with Gasteiger partial charge in [-0.1, -0.05) is 6.07 Å². The molecule has 0 spiro atoms. The summed E-state index contributed by atoms with van der Waals surface area (Å²) in [6.45, 7) is 0.00999. The van der Waals surface area contributed by atoms with Crippen molar-refractivity contribution >= 4 is 23.0 Å². The number of hydrogen-bond donors (Lipinski definition) is 1. The second-order valence-corrected chi connectivity index (χ2v) is 3.43. The van der Waals surface area contributed by atoms with Crippen molar-refractivity contribution in [3.63, 3.8) is 0 Å². The Kier molecular flexibility index (Phi) is 2.78. The van der Waals surface area contributed by atoms with Gasteiger partial charge in [0.2, 0.25) is 0 Å². The molecule has 0 radical (unpaired) electrons. The maximum Gasteiger partial charge on any atom is 0.337 e. The van der Waals surface area contributed by atoms with Crippen LogP contribution in [0.1, 0.15) is 10.4 Å². The van der Waals surface area contributed by atoms with E-state index in [0.717, 1.165) is 0 Å². The molecule has 0 bridgehead atoms. The zero-order valence-corrected chi connectivity index (χ0v) is 9.08. The van der Waals surface area contributed by atoms with Crippen molar-refractivity contribution in [1.29, 1.82) is 0 Å². The number of rotatable bonds is 3. The highest BCUT2D eigenvalue weighted by Gasteiger charge is 2.13. The van der Waals surface area contributed by atoms with E-state index in [1.165, 1.54) is 19.5 Å². The molecule has 1 N–H and O–H groups in total. The van der Waals surface area contributed by atoms with Crippen LogP contribution in [0.25, 0.3) is 11.0 Å². The van der Waals surface area contributed by atoms with Gasteiger partial charge in [0.05, 0.1) is 24.5 Å². The average molecular weight is 234 g/mol. The summed E-state index contributed by atoms with van der Waals surface area (Å²) in [5.41, 5.74) is 1.07. The van der Waals surface area contributed by atoms with E-state index < -0.39 is 11.9 Å². The molecule has 88 valence electrons. The number of carboxylic acids is 1. The Morgan fingerprint density at radius 2 is 2.24 bits per heavy atom. The highest BCUT2D eigenvalue weighted by molar-refractivity contribution is 6.01. The van der Waals surface area contributed by atoms with Gasteiger partial charge in [0, 0.05) is 0 Å². The van der Waals surface area contributed by atoms with Crippen molar-refractivity contribution in [2.24, 2.45) is 0 Å². The molecule has 0 aliphatic heterocycles. The molecule has 1 heterocycles. The van der Waals surface area contributed by atoms with Gasteiger partial charge in [0.15, 0.2) is 0 Å². The largest absolute Gasteiger partial charge is 0.478 e. The zero-order valence-electron chi connectivity index (χ0n) is 9.08. The fourth-order valence-corrected chi connectivity index (χ4v) is 1.59. The molecule has 0 amide bonds. The molecule has 0 atom stereocenters. The van der Waals surface area contributed by atoms with Gasteiger partial charge < -0.3 is 14.4 Å². The van der Waals surface area contributed by atoms with Crippen LogP contribution in [0.2, 0.25) is 0 Å². The molecule has 17 heavy (non-hydrogen) atoms. The second kappa shape index (κ2) is 4.25. The monoisotopic (exact) mass is 234 g/mol. The van der Waals surface area contributed by atoms with E-state index >= 15 is 0 Å². The third-order valence-electron chi connectivity index (χ3n) is 2.41. The van der Waals surface area contributed by atoms with Crippen LogP contribution in [-0.2, 0) is 16.1 Å². The molecule has 2 aromatic rings. The molecule has 0 aliphatic carbocycles. The number of benzene rings is 1. The quantitative estimate of drug-likeness (QED) is 0.798. The second-order valence-electron chi connectivity index (χ2n) is 3.43. The minimum Gasteiger partial charge on any atom is -0.478 e. The van der Waals surface area contributed by atoms with Gasteiger partial charge in [-0.2, -0.15) is 0 Å². The Morgan fingerprint density at radius 1 is 1.47 bits per heavy atom. The standard InChI is InChI=1S/C11H10N2O4/c1-17-9(14)5-13-6-12-10-7(11(15)16)3-2-4-8(10)13/h2-4,6H,5H2,1H3,(H,15,16). The van der Waals surface area contributed by atoms with E-state index in [2.05, 4.69) is 9.72 Å². The van der Waals surface area contributed by atoms with Crippen molar-refractivity contribution in [1.82, 2.24) is 9.55 Å². The predicted molar refractivity (Wildman–Crippen MR) is 58.7 cm³/mol. The molecule has 0 fully saturated rings. The van der Waals surface area contributed by atoms with Crippen molar-refractivity contribution in [2.75, 3.05) is 7.11 Å². The van der Waals surface area contributed by atoms with Gasteiger partial charge in [-0.3, -0.25) is 4.79 Å². The van der Waals surface area contributed by atoms with E-state index in [9.17, 15) is 9.59 Å². The lowest BCUT2D eigenvalue weighted by Crippen LogP contribution is -2.10. The lowest BCUT2D eigenvalue weighted by atomic mass is 10.2. The van der Waals surface area contributed by atoms with Crippen LogP contribution in [0.3, 0.4) is 0 Å². The summed E-state index contributed by atoms with van der Waals surface area (Å²) in [5.74, 6) is -1.45. The first-order valence-corrected chi connectivity index (χ1v) is 4.87. The van der Waals surface area contributed by atoms with Crippen LogP contribution in [0.5, 0.6) is 0 Å². The number of esters is 1. The van der Waals surface area contributed by atoms with Crippen LogP contribution < -0.4 is 0 Å². The van der Waals surface area contributed by atoms with Gasteiger partial charge in [-0.15, -0.1) is 0 Å². The summed E-state index contributed by atoms with van der Waals surface area (Å²) in [6.07, 6.45) is 1.42. The minimum absolute atomic E-state index is 0.00999. The summed E-state index contributed by atoms with van der Waals surface area (Å²) >= 11 is 0. The molecule has 0 unspecified atom stereocenters. The number of hydrogen-bond acceptors (Lipinski definition) is 4. The van der Waals surface area contributed by atoms with Crippen LogP contribution in [0, 0.1) is 0 Å². The third kappa shape index (κ3) is 1.96. The number of aromatic nitrogens is 2. The molecular formula is C11H10N2O4. The summed E-state index contributed by atoms with van der Waals surface area (Å²) < 4.78 is 6.10. The summed E-state index contributed by atoms with van der Waals surface area (Å²) in [4.78, 5) is 26.1. The van der Waals surface area contributed by atoms with Crippen LogP contribution >= 0.6 is 0 Å². The predicted octanol–water partition coefficient (Wildman–Crippen LogP) is 0.907. The first-order valence-electron chi connectivity index (χ1n) is 4.87. The van der Waals surface area contributed by atoms with E-state index in [1.807, 2.05) is 0 Å². The maximum atomic E-state index is 11.2. The van der Waals surface area contributed by atoms with Crippen molar-refractivity contribution < 1.29 is 19.4 Å². The van der Waals surface area contributed by atoms with Crippen molar-refractivity contribution in [2.45, 2.75) is 6.54 Å². The Bertz CT molecular complexity index is 588. The van der Waals surface area contributed by atoms with E-state index in [0.29, 0.717) is 11.0 Å². The van der Waals surface area contributed by atoms with Crippen molar-refractivity contribution in [3.05, 3.63) is 30.1 Å². The third-order valence-corrected chi connectivity index (χ3v) is 2.41. The molecule has 0 saturated heterocycles. The average Bonchev–Trinajstić information content (AvgIpc) is 2.72. The van der Waals surface area contributed by atoms with Gasteiger partial charge in [0.25, 0.3) is 0 Å². The number of carbonyl (C=O) groups excluding carboxylic acids is 1. The van der Waals surface area contributed by atoms with Crippen LogP contribution in [0.4, 0.5) is 0 Å². The number of carbonyl (C=O) groups is 2. The fourth-order valence-electron chi connectivity index (χ4n) is 1.59. The minimum atomic E-state index is -1.04. The highest BCUT2D eigenvalue weighted by Crippen LogP contribution is 2.17. The number of aromatic carboxylic acids is 1. The van der Waals surface area contributed by atoms with Gasteiger partial charge >= 0.3 is 11.9 Å². The molecule has 1 aromatic carbocycles. The smallest absolute Gasteiger partial charge is 0.337 e. The molecule has 1 aromatic heterocycles. The Hall–Kier alpha value is -2.37. The number of methoxy groups -OCH3 is 1. The molecule has 6 heteroatoms. The highest BCUT2D eigenvalue weighted by atomic mass is 16.5. The van der Waals surface area contributed by atoms with Gasteiger partial charge in [0.1, 0.15) is 12.1 Å². The molecular weight excluding hydrogens is 224 g/mol. The van der Waals surface area contributed by atoms with Crippen molar-refractivity contribution in [3.8, 4) is 0 Å². The Balaban J connectivity index is 2.51. The maximum absolute atomic E-state index is 11.2. The number of fused-ring (bicyclic) bond motifs is 1. The molecule has 0 saturated carbocycles. The zero-order chi connectivity index (χ0) is 12.4. The van der Waals surface area contributed by atoms with Gasteiger partial charge in [-0.05, 0) is 12.1 Å². The molecule has 2 rings (SSSR count). The summed E-state index contributed by atoms with van der Waals surface area (Å²) in [5, 5.41) is 8.98. The lowest BCUT2D eigenvalue weighted by Gasteiger charge is -2.02. The first kappa shape index (κ1) is 11.1. The normalized spacial score (nSPS) is 10.4. The number of imidazole rings is 1. The Labute approximate surface area is 96.4 Å². The lowest BCUT2D eigenvalue weighted by molar-refractivity contribution is -0.141. The van der Waals surface area contributed by atoms with E-state index in [4.69, 9.17) is 5.11 Å². The number of para-hydroxylation sites is 1. The summed E-state index contributed by atoms with van der Waals surface area (Å²) in [6, 6.07) is 4.79. The van der Waals surface area contributed by atoms with Crippen LogP contribution in [0.15, 0.2) is 24.5 Å². The molecule has 0 aliphatic rings.